The second-order valence-corrected chi connectivity index (χ2v) is 4.93. The molecule has 0 N–H and O–H groups in total. The van der Waals surface area contributed by atoms with Crippen molar-refractivity contribution in [3.8, 4) is 5.75 Å². The summed E-state index contributed by atoms with van der Waals surface area (Å²) in [6.45, 7) is 4.34. The Morgan fingerprint density at radius 1 is 1.10 bits per heavy atom. The zero-order chi connectivity index (χ0) is 15.1. The summed E-state index contributed by atoms with van der Waals surface area (Å²) in [5.41, 5.74) is 1.60. The number of carbonyl (C=O) groups is 1. The summed E-state index contributed by atoms with van der Waals surface area (Å²) >= 11 is 0. The first-order valence-corrected chi connectivity index (χ1v) is 7.17. The first-order valence-electron chi connectivity index (χ1n) is 7.17. The summed E-state index contributed by atoms with van der Waals surface area (Å²) in [5.74, 6) is 0.354. The van der Waals surface area contributed by atoms with E-state index < -0.39 is 0 Å². The number of ether oxygens (including phenoxy) is 2. The van der Waals surface area contributed by atoms with Crippen LogP contribution in [0.5, 0.6) is 5.75 Å². The third-order valence-corrected chi connectivity index (χ3v) is 3.20. The maximum Gasteiger partial charge on any atom is 0.338 e. The Bertz CT molecular complexity index is 578. The highest BCUT2D eigenvalue weighted by molar-refractivity contribution is 5.89. The van der Waals surface area contributed by atoms with Gasteiger partial charge in [-0.05, 0) is 37.1 Å². The average molecular weight is 284 g/mol. The van der Waals surface area contributed by atoms with Crippen LogP contribution in [0.1, 0.15) is 36.2 Å². The molecule has 2 rings (SSSR count). The van der Waals surface area contributed by atoms with Crippen LogP contribution in [0.3, 0.4) is 0 Å². The number of hydrogen-bond acceptors (Lipinski definition) is 3. The highest BCUT2D eigenvalue weighted by Crippen LogP contribution is 2.16. The molecule has 1 unspecified atom stereocenters. The lowest BCUT2D eigenvalue weighted by Crippen LogP contribution is -2.14. The van der Waals surface area contributed by atoms with E-state index in [1.54, 1.807) is 18.2 Å². The Hall–Kier alpha value is -2.29. The summed E-state index contributed by atoms with van der Waals surface area (Å²) < 4.78 is 11.0. The molecule has 21 heavy (non-hydrogen) atoms. The number of esters is 1. The normalized spacial score (nSPS) is 11.7. The van der Waals surface area contributed by atoms with Crippen molar-refractivity contribution < 1.29 is 14.3 Å². The first kappa shape index (κ1) is 15.1. The van der Waals surface area contributed by atoms with Crippen LogP contribution >= 0.6 is 0 Å². The van der Waals surface area contributed by atoms with E-state index in [9.17, 15) is 4.79 Å². The second kappa shape index (κ2) is 7.48. The number of benzene rings is 2. The molecule has 0 saturated carbocycles. The standard InChI is InChI=1S/C18H20O3/c1-3-14(2)21-18(19)16-10-7-11-17(12-16)20-13-15-8-5-4-6-9-15/h4-12,14H,3,13H2,1-2H3. The Labute approximate surface area is 125 Å². The average Bonchev–Trinajstić information content (AvgIpc) is 2.54. The van der Waals surface area contributed by atoms with Gasteiger partial charge in [-0.3, -0.25) is 0 Å². The summed E-state index contributed by atoms with van der Waals surface area (Å²) in [7, 11) is 0. The molecule has 0 radical (unpaired) electrons. The van der Waals surface area contributed by atoms with Gasteiger partial charge in [0.1, 0.15) is 12.4 Å². The molecule has 2 aromatic carbocycles. The molecule has 0 aliphatic heterocycles. The molecule has 3 nitrogen and oxygen atoms in total. The van der Waals surface area contributed by atoms with Gasteiger partial charge in [0.2, 0.25) is 0 Å². The first-order chi connectivity index (χ1) is 10.2. The molecule has 1 atom stereocenters. The van der Waals surface area contributed by atoms with E-state index in [4.69, 9.17) is 9.47 Å². The van der Waals surface area contributed by atoms with Crippen LogP contribution in [0, 0.1) is 0 Å². The molecule has 0 bridgehead atoms. The van der Waals surface area contributed by atoms with Gasteiger partial charge in [0.25, 0.3) is 0 Å². The lowest BCUT2D eigenvalue weighted by atomic mass is 10.2. The van der Waals surface area contributed by atoms with E-state index >= 15 is 0 Å². The Morgan fingerprint density at radius 2 is 1.86 bits per heavy atom. The van der Waals surface area contributed by atoms with Crippen LogP contribution in [0.4, 0.5) is 0 Å². The van der Waals surface area contributed by atoms with E-state index in [1.807, 2.05) is 50.2 Å². The second-order valence-electron chi connectivity index (χ2n) is 4.93. The smallest absolute Gasteiger partial charge is 0.338 e. The van der Waals surface area contributed by atoms with Gasteiger partial charge in [0, 0.05) is 0 Å². The van der Waals surface area contributed by atoms with Gasteiger partial charge in [-0.15, -0.1) is 0 Å². The molecule has 0 amide bonds. The molecule has 2 aromatic rings. The minimum Gasteiger partial charge on any atom is -0.489 e. The molecular formula is C18H20O3. The molecule has 110 valence electrons. The van der Waals surface area contributed by atoms with Gasteiger partial charge in [0.05, 0.1) is 11.7 Å². The summed E-state index contributed by atoms with van der Waals surface area (Å²) in [4.78, 5) is 12.0. The molecule has 0 spiro atoms. The largest absolute Gasteiger partial charge is 0.489 e. The van der Waals surface area contributed by atoms with Gasteiger partial charge in [-0.25, -0.2) is 4.79 Å². The highest BCUT2D eigenvalue weighted by Gasteiger charge is 2.11. The predicted molar refractivity (Wildman–Crippen MR) is 82.4 cm³/mol. The van der Waals surface area contributed by atoms with Crippen LogP contribution < -0.4 is 4.74 Å². The SMILES string of the molecule is CCC(C)OC(=O)c1cccc(OCc2ccccc2)c1. The lowest BCUT2D eigenvalue weighted by Gasteiger charge is -2.12. The third kappa shape index (κ3) is 4.63. The van der Waals surface area contributed by atoms with E-state index in [-0.39, 0.29) is 12.1 Å². The van der Waals surface area contributed by atoms with Crippen molar-refractivity contribution >= 4 is 5.97 Å². The lowest BCUT2D eigenvalue weighted by molar-refractivity contribution is 0.0334. The summed E-state index contributed by atoms with van der Waals surface area (Å²) in [5, 5.41) is 0. The Kier molecular flexibility index (Phi) is 5.38. The van der Waals surface area contributed by atoms with Crippen LogP contribution in [0.25, 0.3) is 0 Å². The Balaban J connectivity index is 1.99. The quantitative estimate of drug-likeness (QED) is 0.745. The van der Waals surface area contributed by atoms with Gasteiger partial charge >= 0.3 is 5.97 Å². The van der Waals surface area contributed by atoms with Crippen molar-refractivity contribution in [2.45, 2.75) is 33.0 Å². The topological polar surface area (TPSA) is 35.5 Å². The van der Waals surface area contributed by atoms with Gasteiger partial charge in [-0.2, -0.15) is 0 Å². The molecule has 0 fully saturated rings. The van der Waals surface area contributed by atoms with Gasteiger partial charge < -0.3 is 9.47 Å². The van der Waals surface area contributed by atoms with E-state index in [0.29, 0.717) is 17.9 Å². The van der Waals surface area contributed by atoms with Crippen LogP contribution in [-0.4, -0.2) is 12.1 Å². The van der Waals surface area contributed by atoms with Crippen molar-refractivity contribution in [1.82, 2.24) is 0 Å². The zero-order valence-electron chi connectivity index (χ0n) is 12.4. The molecule has 0 heterocycles. The number of carbonyl (C=O) groups excluding carboxylic acids is 1. The van der Waals surface area contributed by atoms with Crippen molar-refractivity contribution in [1.29, 1.82) is 0 Å². The van der Waals surface area contributed by atoms with Gasteiger partial charge in [0.15, 0.2) is 0 Å². The molecule has 0 saturated heterocycles. The Morgan fingerprint density at radius 3 is 2.57 bits per heavy atom. The van der Waals surface area contributed by atoms with E-state index in [2.05, 4.69) is 0 Å². The molecular weight excluding hydrogens is 264 g/mol. The summed E-state index contributed by atoms with van der Waals surface area (Å²) in [6.07, 6.45) is 0.724. The zero-order valence-corrected chi connectivity index (χ0v) is 12.4. The van der Waals surface area contributed by atoms with Crippen LogP contribution in [0.15, 0.2) is 54.6 Å². The molecule has 0 aliphatic carbocycles. The third-order valence-electron chi connectivity index (χ3n) is 3.20. The van der Waals surface area contributed by atoms with E-state index in [0.717, 1.165) is 12.0 Å². The molecule has 3 heteroatoms. The number of hydrogen-bond donors (Lipinski definition) is 0. The fourth-order valence-electron chi connectivity index (χ4n) is 1.79. The monoisotopic (exact) mass is 284 g/mol. The van der Waals surface area contributed by atoms with Crippen molar-refractivity contribution in [2.75, 3.05) is 0 Å². The predicted octanol–water partition coefficient (Wildman–Crippen LogP) is 4.22. The van der Waals surface area contributed by atoms with Crippen molar-refractivity contribution in [2.24, 2.45) is 0 Å². The summed E-state index contributed by atoms with van der Waals surface area (Å²) in [6, 6.07) is 17.0. The highest BCUT2D eigenvalue weighted by atomic mass is 16.5. The maximum absolute atomic E-state index is 12.0. The van der Waals surface area contributed by atoms with Crippen molar-refractivity contribution in [3.63, 3.8) is 0 Å². The van der Waals surface area contributed by atoms with Crippen molar-refractivity contribution in [3.05, 3.63) is 65.7 Å². The molecule has 0 aliphatic rings. The van der Waals surface area contributed by atoms with Crippen LogP contribution in [0.2, 0.25) is 0 Å². The molecule has 0 aromatic heterocycles. The number of rotatable bonds is 6. The minimum atomic E-state index is -0.311. The van der Waals surface area contributed by atoms with Gasteiger partial charge in [-0.1, -0.05) is 43.3 Å². The van der Waals surface area contributed by atoms with Crippen LogP contribution in [-0.2, 0) is 11.3 Å². The fraction of sp³-hybridized carbons (Fsp3) is 0.278. The fourth-order valence-corrected chi connectivity index (χ4v) is 1.79. The minimum absolute atomic E-state index is 0.0774. The van der Waals surface area contributed by atoms with E-state index in [1.165, 1.54) is 0 Å². The maximum atomic E-state index is 12.0.